The summed E-state index contributed by atoms with van der Waals surface area (Å²) >= 11 is 5.48. The van der Waals surface area contributed by atoms with Crippen LogP contribution in [0.5, 0.6) is 0 Å². The Bertz CT molecular complexity index is 363. The van der Waals surface area contributed by atoms with Gasteiger partial charge in [-0.2, -0.15) is 8.42 Å². The van der Waals surface area contributed by atoms with Crippen molar-refractivity contribution in [3.8, 4) is 0 Å². The molecule has 6 heteroatoms. The fourth-order valence-electron chi connectivity index (χ4n) is 0.627. The van der Waals surface area contributed by atoms with Crippen LogP contribution in [0.1, 0.15) is 0 Å². The summed E-state index contributed by atoms with van der Waals surface area (Å²) in [6, 6.07) is 5.42. The van der Waals surface area contributed by atoms with E-state index in [1.54, 1.807) is 0 Å². The third-order valence-corrected chi connectivity index (χ3v) is 2.18. The summed E-state index contributed by atoms with van der Waals surface area (Å²) in [6.07, 6.45) is 0. The Hall–Kier alpha value is 1.06. The third-order valence-electron chi connectivity index (χ3n) is 1.09. The van der Waals surface area contributed by atoms with Gasteiger partial charge in [0.2, 0.25) is 0 Å². The molecule has 0 unspecified atom stereocenters. The Morgan fingerprint density at radius 1 is 1.33 bits per heavy atom. The predicted octanol–water partition coefficient (Wildman–Crippen LogP) is 0.938. The van der Waals surface area contributed by atoms with Gasteiger partial charge in [0.05, 0.1) is 4.90 Å². The molecule has 0 aliphatic rings. The summed E-state index contributed by atoms with van der Waals surface area (Å²) in [6.45, 7) is 0. The molecule has 1 aromatic carbocycles. The van der Waals surface area contributed by atoms with E-state index in [1.807, 2.05) is 0 Å². The molecule has 3 nitrogen and oxygen atoms in total. The molecule has 1 N–H and O–H groups in total. The van der Waals surface area contributed by atoms with Gasteiger partial charge < -0.3 is 0 Å². The summed E-state index contributed by atoms with van der Waals surface area (Å²) in [5.74, 6) is 0. The molecule has 62 valence electrons. The van der Waals surface area contributed by atoms with Crippen LogP contribution in [0.25, 0.3) is 0 Å². The molecule has 0 heterocycles. The predicted molar refractivity (Wildman–Crippen MR) is 48.4 cm³/mol. The number of rotatable bonds is 1. The van der Waals surface area contributed by atoms with Gasteiger partial charge in [-0.1, -0.05) is 17.7 Å². The molecule has 1 aromatic rings. The van der Waals surface area contributed by atoms with Crippen molar-refractivity contribution < 1.29 is 13.0 Å². The van der Waals surface area contributed by atoms with Crippen molar-refractivity contribution in [3.63, 3.8) is 0 Å². The van der Waals surface area contributed by atoms with Crippen molar-refractivity contribution in [1.82, 2.24) is 0 Å². The Morgan fingerprint density at radius 2 is 1.92 bits per heavy atom. The van der Waals surface area contributed by atoms with E-state index < -0.39 is 10.1 Å². The van der Waals surface area contributed by atoms with Crippen LogP contribution in [-0.2, 0) is 10.1 Å². The van der Waals surface area contributed by atoms with Crippen LogP contribution < -0.4 is 0 Å². The van der Waals surface area contributed by atoms with Gasteiger partial charge in [-0.25, -0.2) is 0 Å². The number of hydrogen-bond donors (Lipinski definition) is 1. The second kappa shape index (κ2) is 5.07. The molecule has 0 spiro atoms. The molecular weight excluding hydrogens is 227 g/mol. The minimum absolute atomic E-state index is 0. The first-order valence-corrected chi connectivity index (χ1v) is 4.55. The summed E-state index contributed by atoms with van der Waals surface area (Å²) in [4.78, 5) is -0.190. The molecule has 12 heavy (non-hydrogen) atoms. The zero-order valence-corrected chi connectivity index (χ0v) is 6.93. The first-order chi connectivity index (χ1) is 5.00. The normalized spacial score (nSPS) is 10.5. The maximum atomic E-state index is 10.5. The van der Waals surface area contributed by atoms with E-state index in [0.29, 0.717) is 0 Å². The topological polar surface area (TPSA) is 54.4 Å². The number of halogens is 1. The Labute approximate surface area is 118 Å². The summed E-state index contributed by atoms with van der Waals surface area (Å²) < 4.78 is 29.5. The van der Waals surface area contributed by atoms with E-state index >= 15 is 0 Å². The van der Waals surface area contributed by atoms with E-state index in [4.69, 9.17) is 16.2 Å². The third kappa shape index (κ3) is 3.84. The van der Waals surface area contributed by atoms with E-state index in [1.165, 1.54) is 24.3 Å². The van der Waals surface area contributed by atoms with Crippen molar-refractivity contribution in [2.45, 2.75) is 4.90 Å². The number of benzene rings is 1. The van der Waals surface area contributed by atoms with E-state index in [2.05, 4.69) is 0 Å². The summed E-state index contributed by atoms with van der Waals surface area (Å²) in [5.41, 5.74) is 0. The fraction of sp³-hybridized carbons (Fsp3) is 0. The van der Waals surface area contributed by atoms with E-state index in [9.17, 15) is 8.42 Å². The molecule has 0 bridgehead atoms. The van der Waals surface area contributed by atoms with Crippen LogP contribution in [0, 0.1) is 0 Å². The molecule has 0 aliphatic heterocycles. The molecule has 0 aromatic heterocycles. The molecule has 0 radical (unpaired) electrons. The van der Waals surface area contributed by atoms with Gasteiger partial charge >= 0.3 is 51.4 Å². The zero-order chi connectivity index (χ0) is 8.48. The molecule has 0 amide bonds. The van der Waals surface area contributed by atoms with Crippen molar-refractivity contribution in [2.75, 3.05) is 0 Å². The standard InChI is InChI=1S/C6H5ClO3S.K.H/c7-5-2-1-3-6(4-5)11(8,9)10;;/h1-4H,(H,8,9,10);;. The van der Waals surface area contributed by atoms with Crippen LogP contribution in [0.2, 0.25) is 5.02 Å². The molecule has 0 saturated carbocycles. The average molecular weight is 233 g/mol. The SMILES string of the molecule is O=S(=O)(O)c1cccc(Cl)c1.[KH]. The minimum atomic E-state index is -4.11. The van der Waals surface area contributed by atoms with Gasteiger partial charge in [-0.15, -0.1) is 0 Å². The monoisotopic (exact) mass is 232 g/mol. The molecule has 0 atom stereocenters. The van der Waals surface area contributed by atoms with Crippen LogP contribution in [-0.4, -0.2) is 64.4 Å². The quantitative estimate of drug-likeness (QED) is 0.579. The summed E-state index contributed by atoms with van der Waals surface area (Å²) in [5, 5.41) is 0.278. The maximum absolute atomic E-state index is 10.5. The van der Waals surface area contributed by atoms with Crippen LogP contribution in [0.15, 0.2) is 29.2 Å². The summed E-state index contributed by atoms with van der Waals surface area (Å²) in [7, 11) is -4.11. The van der Waals surface area contributed by atoms with Gasteiger partial charge in [0.1, 0.15) is 0 Å². The van der Waals surface area contributed by atoms with Gasteiger partial charge in [0.25, 0.3) is 10.1 Å². The van der Waals surface area contributed by atoms with Crippen molar-refractivity contribution in [2.24, 2.45) is 0 Å². The van der Waals surface area contributed by atoms with Crippen molar-refractivity contribution >= 4 is 73.1 Å². The first-order valence-electron chi connectivity index (χ1n) is 2.73. The Morgan fingerprint density at radius 3 is 2.25 bits per heavy atom. The second-order valence-electron chi connectivity index (χ2n) is 1.93. The molecular formula is C6H6ClKO3S. The van der Waals surface area contributed by atoms with Gasteiger partial charge in [0, 0.05) is 5.02 Å². The first kappa shape index (κ1) is 13.1. The fourth-order valence-corrected chi connectivity index (χ4v) is 1.41. The van der Waals surface area contributed by atoms with Crippen molar-refractivity contribution in [3.05, 3.63) is 29.3 Å². The second-order valence-corrected chi connectivity index (χ2v) is 3.79. The molecule has 0 fully saturated rings. The van der Waals surface area contributed by atoms with Crippen LogP contribution in [0.3, 0.4) is 0 Å². The molecule has 1 rings (SSSR count). The average Bonchev–Trinajstić information content (AvgIpc) is 1.86. The van der Waals surface area contributed by atoms with E-state index in [-0.39, 0.29) is 61.3 Å². The van der Waals surface area contributed by atoms with Gasteiger partial charge in [-0.05, 0) is 18.2 Å². The van der Waals surface area contributed by atoms with Gasteiger partial charge in [0.15, 0.2) is 0 Å². The van der Waals surface area contributed by atoms with Gasteiger partial charge in [-0.3, -0.25) is 4.55 Å². The molecule has 0 saturated heterocycles. The Balaban J connectivity index is 0.00000121. The van der Waals surface area contributed by atoms with Crippen LogP contribution in [0.4, 0.5) is 0 Å². The Kier molecular flexibility index (Phi) is 5.51. The van der Waals surface area contributed by atoms with Crippen molar-refractivity contribution in [1.29, 1.82) is 0 Å². The number of hydrogen-bond acceptors (Lipinski definition) is 2. The zero-order valence-electron chi connectivity index (χ0n) is 5.36. The van der Waals surface area contributed by atoms with E-state index in [0.717, 1.165) is 0 Å². The molecule has 0 aliphatic carbocycles. The van der Waals surface area contributed by atoms with Crippen LogP contribution >= 0.6 is 11.6 Å².